The second kappa shape index (κ2) is 9.86. The number of anilines is 1. The largest absolute Gasteiger partial charge is 0.490 e. The lowest BCUT2D eigenvalue weighted by atomic mass is 9.90. The minimum Gasteiger partial charge on any atom is -0.475 e. The molecule has 0 bridgehead atoms. The second-order valence-corrected chi connectivity index (χ2v) is 8.05. The quantitative estimate of drug-likeness (QED) is 0.713. The third-order valence-electron chi connectivity index (χ3n) is 5.58. The summed E-state index contributed by atoms with van der Waals surface area (Å²) >= 11 is 0. The summed E-state index contributed by atoms with van der Waals surface area (Å²) < 4.78 is 53.7. The van der Waals surface area contributed by atoms with Crippen LogP contribution in [0.1, 0.15) is 18.5 Å². The number of carboxylic acids is 1. The van der Waals surface area contributed by atoms with Gasteiger partial charge in [0, 0.05) is 51.7 Å². The highest BCUT2D eigenvalue weighted by molar-refractivity contribution is 5.73. The molecule has 2 aliphatic rings. The number of hydrogen-bond donors (Lipinski definition) is 1. The van der Waals surface area contributed by atoms with Gasteiger partial charge in [-0.2, -0.15) is 13.2 Å². The predicted molar refractivity (Wildman–Crippen MR) is 109 cm³/mol. The summed E-state index contributed by atoms with van der Waals surface area (Å²) in [5.74, 6) is -2.94. The molecule has 1 unspecified atom stereocenters. The molecule has 32 heavy (non-hydrogen) atoms. The van der Waals surface area contributed by atoms with E-state index in [1.165, 1.54) is 11.8 Å². The van der Waals surface area contributed by atoms with Gasteiger partial charge in [0.2, 0.25) is 0 Å². The molecular weight excluding hydrogens is 432 g/mol. The number of nitrogens with zero attached hydrogens (tertiary/aromatic N) is 4. The lowest BCUT2D eigenvalue weighted by Gasteiger charge is -2.48. The van der Waals surface area contributed by atoms with Gasteiger partial charge in [-0.05, 0) is 31.0 Å². The molecule has 1 aromatic carbocycles. The minimum absolute atomic E-state index is 0.165. The van der Waals surface area contributed by atoms with E-state index >= 15 is 0 Å². The Balaban J connectivity index is 0.000000360. The van der Waals surface area contributed by atoms with Crippen LogP contribution in [0.15, 0.2) is 36.8 Å². The van der Waals surface area contributed by atoms with Crippen molar-refractivity contribution < 1.29 is 32.2 Å². The highest BCUT2D eigenvalue weighted by atomic mass is 19.4. The van der Waals surface area contributed by atoms with Crippen molar-refractivity contribution in [3.63, 3.8) is 0 Å². The van der Waals surface area contributed by atoms with Crippen molar-refractivity contribution in [1.82, 2.24) is 14.5 Å². The van der Waals surface area contributed by atoms with Crippen LogP contribution in [0.4, 0.5) is 23.2 Å². The number of hydrogen-bond acceptors (Lipinski definition) is 5. The van der Waals surface area contributed by atoms with E-state index in [1.54, 1.807) is 12.1 Å². The van der Waals surface area contributed by atoms with Gasteiger partial charge < -0.3 is 19.3 Å². The van der Waals surface area contributed by atoms with Gasteiger partial charge in [-0.1, -0.05) is 6.07 Å². The number of aromatic nitrogens is 2. The molecule has 1 aromatic heterocycles. The monoisotopic (exact) mass is 458 g/mol. The molecule has 2 fully saturated rings. The molecule has 2 aliphatic heterocycles. The van der Waals surface area contributed by atoms with E-state index in [0.29, 0.717) is 0 Å². The van der Waals surface area contributed by atoms with Crippen LogP contribution in [-0.2, 0) is 23.1 Å². The van der Waals surface area contributed by atoms with E-state index in [-0.39, 0.29) is 11.4 Å². The van der Waals surface area contributed by atoms with Crippen LogP contribution < -0.4 is 4.90 Å². The van der Waals surface area contributed by atoms with E-state index < -0.39 is 12.1 Å². The molecule has 176 valence electrons. The average Bonchev–Trinajstić information content (AvgIpc) is 3.12. The summed E-state index contributed by atoms with van der Waals surface area (Å²) in [6, 6.07) is 6.88. The zero-order valence-electron chi connectivity index (χ0n) is 17.7. The topological polar surface area (TPSA) is 70.8 Å². The average molecular weight is 458 g/mol. The van der Waals surface area contributed by atoms with Gasteiger partial charge in [-0.3, -0.25) is 4.90 Å². The standard InChI is InChI=1S/C19H25FN4O.C2HF3O2/c1-22-15-21-11-18(22)12-23-8-9-25-19(13-23)6-3-7-24(14-19)17-5-2-4-16(20)10-17;3-2(4,5)1(6)7/h2,4-5,10-11,15H,3,6-9,12-14H2,1H3;(H,6,7). The Hall–Kier alpha value is -2.66. The minimum atomic E-state index is -5.08. The van der Waals surface area contributed by atoms with Crippen LogP contribution in [0, 0.1) is 5.82 Å². The predicted octanol–water partition coefficient (Wildman–Crippen LogP) is 3.06. The lowest BCUT2D eigenvalue weighted by Crippen LogP contribution is -2.59. The van der Waals surface area contributed by atoms with Crippen molar-refractivity contribution in [3.8, 4) is 0 Å². The summed E-state index contributed by atoms with van der Waals surface area (Å²) in [5.41, 5.74) is 2.00. The molecule has 11 heteroatoms. The SMILES string of the molecule is Cn1cncc1CN1CCOC2(CCCN(c3cccc(F)c3)C2)C1.O=C(O)C(F)(F)F. The van der Waals surface area contributed by atoms with Gasteiger partial charge in [0.1, 0.15) is 5.82 Å². The first-order chi connectivity index (χ1) is 15.1. The number of morpholine rings is 1. The Bertz CT molecular complexity index is 916. The van der Waals surface area contributed by atoms with Crippen LogP contribution in [0.25, 0.3) is 0 Å². The molecule has 2 saturated heterocycles. The number of ether oxygens (including phenoxy) is 1. The van der Waals surface area contributed by atoms with Crippen molar-refractivity contribution in [1.29, 1.82) is 0 Å². The lowest BCUT2D eigenvalue weighted by molar-refractivity contribution is -0.192. The second-order valence-electron chi connectivity index (χ2n) is 8.05. The molecule has 4 rings (SSSR count). The zero-order valence-corrected chi connectivity index (χ0v) is 17.7. The fraction of sp³-hybridized carbons (Fsp3) is 0.524. The molecular formula is C21H26F4N4O3. The number of alkyl halides is 3. The summed E-state index contributed by atoms with van der Waals surface area (Å²) in [7, 11) is 2.03. The van der Waals surface area contributed by atoms with Crippen LogP contribution in [0.5, 0.6) is 0 Å². The normalized spacial score (nSPS) is 21.8. The molecule has 7 nitrogen and oxygen atoms in total. The first-order valence-corrected chi connectivity index (χ1v) is 10.2. The Labute approximate surface area is 183 Å². The van der Waals surface area contributed by atoms with Gasteiger partial charge in [-0.25, -0.2) is 14.2 Å². The maximum Gasteiger partial charge on any atom is 0.490 e. The molecule has 1 atom stereocenters. The molecule has 0 amide bonds. The first kappa shape index (κ1) is 24.0. The van der Waals surface area contributed by atoms with Gasteiger partial charge in [0.15, 0.2) is 0 Å². The molecule has 0 saturated carbocycles. The number of rotatable bonds is 3. The molecule has 0 radical (unpaired) electrons. The fourth-order valence-electron chi connectivity index (χ4n) is 4.06. The Morgan fingerprint density at radius 2 is 2.03 bits per heavy atom. The smallest absolute Gasteiger partial charge is 0.475 e. The van der Waals surface area contributed by atoms with Crippen molar-refractivity contribution in [2.24, 2.45) is 7.05 Å². The highest BCUT2D eigenvalue weighted by Gasteiger charge is 2.41. The van der Waals surface area contributed by atoms with E-state index in [2.05, 4.69) is 19.4 Å². The third-order valence-corrected chi connectivity index (χ3v) is 5.58. The van der Waals surface area contributed by atoms with Crippen LogP contribution in [-0.4, -0.2) is 70.1 Å². The van der Waals surface area contributed by atoms with Crippen molar-refractivity contribution in [2.75, 3.05) is 37.7 Å². The fourth-order valence-corrected chi connectivity index (χ4v) is 4.06. The van der Waals surface area contributed by atoms with Crippen molar-refractivity contribution >= 4 is 11.7 Å². The number of halogens is 4. The molecule has 2 aromatic rings. The summed E-state index contributed by atoms with van der Waals surface area (Å²) in [6.07, 6.45) is 0.816. The zero-order chi connectivity index (χ0) is 23.4. The number of carboxylic acid groups (broad SMARTS) is 1. The van der Waals surface area contributed by atoms with Crippen LogP contribution in [0.3, 0.4) is 0 Å². The Kier molecular flexibility index (Phi) is 7.40. The van der Waals surface area contributed by atoms with Crippen LogP contribution in [0.2, 0.25) is 0 Å². The maximum atomic E-state index is 13.6. The van der Waals surface area contributed by atoms with Gasteiger partial charge in [-0.15, -0.1) is 0 Å². The summed E-state index contributed by atoms with van der Waals surface area (Å²) in [5, 5.41) is 7.12. The highest BCUT2D eigenvalue weighted by Crippen LogP contribution is 2.32. The number of imidazole rings is 1. The first-order valence-electron chi connectivity index (χ1n) is 10.2. The molecule has 1 spiro atoms. The maximum absolute atomic E-state index is 13.6. The number of aryl methyl sites for hydroxylation is 1. The van der Waals surface area contributed by atoms with E-state index in [4.69, 9.17) is 14.6 Å². The Morgan fingerprint density at radius 3 is 2.66 bits per heavy atom. The third kappa shape index (κ3) is 6.19. The molecule has 0 aliphatic carbocycles. The van der Waals surface area contributed by atoms with Crippen LogP contribution >= 0.6 is 0 Å². The van der Waals surface area contributed by atoms with Crippen molar-refractivity contribution in [2.45, 2.75) is 31.2 Å². The summed E-state index contributed by atoms with van der Waals surface area (Å²) in [4.78, 5) is 17.8. The van der Waals surface area contributed by atoms with E-state index in [1.807, 2.05) is 25.6 Å². The number of aliphatic carboxylic acids is 1. The Morgan fingerprint density at radius 1 is 1.28 bits per heavy atom. The number of benzene rings is 1. The van der Waals surface area contributed by atoms with Gasteiger partial charge >= 0.3 is 12.1 Å². The number of carbonyl (C=O) groups is 1. The van der Waals surface area contributed by atoms with Gasteiger partial charge in [0.25, 0.3) is 0 Å². The molecule has 3 heterocycles. The van der Waals surface area contributed by atoms with E-state index in [0.717, 1.165) is 57.9 Å². The number of piperidine rings is 1. The van der Waals surface area contributed by atoms with Gasteiger partial charge in [0.05, 0.1) is 24.2 Å². The van der Waals surface area contributed by atoms with Crippen molar-refractivity contribution in [3.05, 3.63) is 48.3 Å². The summed E-state index contributed by atoms with van der Waals surface area (Å²) in [6.45, 7) is 5.25. The van der Waals surface area contributed by atoms with E-state index in [9.17, 15) is 17.6 Å². The molecule has 1 N–H and O–H groups in total.